The van der Waals surface area contributed by atoms with Gasteiger partial charge in [-0.25, -0.2) is 4.98 Å². The molecule has 150 valence electrons. The number of hydrogen-bond donors (Lipinski definition) is 3. The Morgan fingerprint density at radius 1 is 1.39 bits per heavy atom. The molecule has 0 aliphatic carbocycles. The molecule has 2 aromatic heterocycles. The lowest BCUT2D eigenvalue weighted by Gasteiger charge is -2.18. The van der Waals surface area contributed by atoms with Crippen molar-refractivity contribution in [2.45, 2.75) is 19.1 Å². The van der Waals surface area contributed by atoms with Crippen LogP contribution < -0.4 is 10.6 Å². The number of carbonyl (C=O) groups is 1. The van der Waals surface area contributed by atoms with Gasteiger partial charge in [0.05, 0.1) is 7.11 Å². The van der Waals surface area contributed by atoms with Crippen LogP contribution in [0.3, 0.4) is 0 Å². The van der Waals surface area contributed by atoms with E-state index < -0.39 is 18.1 Å². The maximum absolute atomic E-state index is 13.0. The number of carbonyl (C=O) groups excluding carboxylic acids is 1. The van der Waals surface area contributed by atoms with Crippen LogP contribution in [0.2, 0.25) is 0 Å². The standard InChI is InChI=1S/C16H18F3N7O2/c1-9(16(17,18)19)26-8-22-25-14(26)11-5-4-6-12(23-11)24-15(27)10(7-21-2)13(20)28-3/h4-9,20-21H,1-3H3,(H,23,24,27)/b10-7+,20-13?. The van der Waals surface area contributed by atoms with Gasteiger partial charge in [0.15, 0.2) is 5.82 Å². The van der Waals surface area contributed by atoms with Gasteiger partial charge in [-0.2, -0.15) is 13.2 Å². The van der Waals surface area contributed by atoms with Crippen LogP contribution >= 0.6 is 0 Å². The fourth-order valence-corrected chi connectivity index (χ4v) is 2.17. The van der Waals surface area contributed by atoms with Gasteiger partial charge in [-0.3, -0.25) is 10.2 Å². The molecule has 2 rings (SSSR count). The first-order chi connectivity index (χ1) is 13.2. The summed E-state index contributed by atoms with van der Waals surface area (Å²) in [6, 6.07) is 2.53. The van der Waals surface area contributed by atoms with Crippen molar-refractivity contribution in [2.75, 3.05) is 19.5 Å². The number of aromatic nitrogens is 4. The number of halogens is 3. The molecule has 9 nitrogen and oxygen atoms in total. The molecule has 0 fully saturated rings. The average Bonchev–Trinajstić information content (AvgIpc) is 3.13. The Morgan fingerprint density at radius 3 is 2.71 bits per heavy atom. The zero-order chi connectivity index (χ0) is 20.9. The van der Waals surface area contributed by atoms with Gasteiger partial charge in [-0.05, 0) is 19.1 Å². The van der Waals surface area contributed by atoms with E-state index in [1.165, 1.54) is 31.5 Å². The van der Waals surface area contributed by atoms with E-state index >= 15 is 0 Å². The lowest BCUT2D eigenvalue weighted by molar-refractivity contribution is -0.162. The molecule has 0 aliphatic heterocycles. The predicted octanol–water partition coefficient (Wildman–Crippen LogP) is 2.13. The summed E-state index contributed by atoms with van der Waals surface area (Å²) in [6.45, 7) is 0.976. The highest BCUT2D eigenvalue weighted by molar-refractivity contribution is 6.21. The van der Waals surface area contributed by atoms with Crippen molar-refractivity contribution < 1.29 is 22.7 Å². The minimum atomic E-state index is -4.49. The van der Waals surface area contributed by atoms with E-state index in [-0.39, 0.29) is 28.8 Å². The topological polar surface area (TPSA) is 118 Å². The minimum Gasteiger partial charge on any atom is -0.481 e. The van der Waals surface area contributed by atoms with Crippen LogP contribution in [0.1, 0.15) is 13.0 Å². The second kappa shape index (κ2) is 8.50. The van der Waals surface area contributed by atoms with Crippen molar-refractivity contribution in [3.05, 3.63) is 36.3 Å². The van der Waals surface area contributed by atoms with Crippen LogP contribution in [0.25, 0.3) is 11.5 Å². The highest BCUT2D eigenvalue weighted by Gasteiger charge is 2.38. The number of amides is 1. The van der Waals surface area contributed by atoms with Crippen LogP contribution in [-0.2, 0) is 9.53 Å². The van der Waals surface area contributed by atoms with E-state index in [1.54, 1.807) is 7.05 Å². The minimum absolute atomic E-state index is 0.0580. The molecular weight excluding hydrogens is 379 g/mol. The van der Waals surface area contributed by atoms with Crippen molar-refractivity contribution in [2.24, 2.45) is 0 Å². The Hall–Kier alpha value is -3.44. The summed E-state index contributed by atoms with van der Waals surface area (Å²) in [5, 5.41) is 20.0. The number of methoxy groups -OCH3 is 1. The molecule has 0 spiro atoms. The molecule has 2 aromatic rings. The summed E-state index contributed by atoms with van der Waals surface area (Å²) in [5.74, 6) is -1.10. The van der Waals surface area contributed by atoms with Crippen molar-refractivity contribution in [3.63, 3.8) is 0 Å². The number of rotatable bonds is 6. The Kier molecular flexibility index (Phi) is 6.33. The van der Waals surface area contributed by atoms with Crippen molar-refractivity contribution in [1.82, 2.24) is 25.1 Å². The molecule has 0 bridgehead atoms. The Balaban J connectivity index is 2.31. The third kappa shape index (κ3) is 4.64. The van der Waals surface area contributed by atoms with Crippen molar-refractivity contribution in [3.8, 4) is 11.5 Å². The number of ether oxygens (including phenoxy) is 1. The van der Waals surface area contributed by atoms with Gasteiger partial charge in [-0.15, -0.1) is 10.2 Å². The van der Waals surface area contributed by atoms with Gasteiger partial charge in [0.1, 0.15) is 29.5 Å². The summed E-state index contributed by atoms with van der Waals surface area (Å²) in [4.78, 5) is 16.5. The Labute approximate surface area is 158 Å². The number of hydrogen-bond acceptors (Lipinski definition) is 7. The Morgan fingerprint density at radius 2 is 2.11 bits per heavy atom. The average molecular weight is 397 g/mol. The zero-order valence-corrected chi connectivity index (χ0v) is 15.2. The highest BCUT2D eigenvalue weighted by Crippen LogP contribution is 2.32. The third-order valence-corrected chi connectivity index (χ3v) is 3.67. The van der Waals surface area contributed by atoms with E-state index in [2.05, 4.69) is 25.8 Å². The zero-order valence-electron chi connectivity index (χ0n) is 15.2. The van der Waals surface area contributed by atoms with Crippen LogP contribution in [0.4, 0.5) is 19.0 Å². The van der Waals surface area contributed by atoms with Crippen molar-refractivity contribution >= 4 is 17.6 Å². The number of nitrogens with zero attached hydrogens (tertiary/aromatic N) is 4. The van der Waals surface area contributed by atoms with Gasteiger partial charge in [0.25, 0.3) is 5.91 Å². The second-order valence-corrected chi connectivity index (χ2v) is 5.52. The molecule has 0 aliphatic rings. The first-order valence-corrected chi connectivity index (χ1v) is 7.94. The number of nitrogens with one attached hydrogen (secondary N) is 3. The summed E-state index contributed by atoms with van der Waals surface area (Å²) in [7, 11) is 2.79. The lowest BCUT2D eigenvalue weighted by atomic mass is 10.2. The molecule has 1 atom stereocenters. The second-order valence-electron chi connectivity index (χ2n) is 5.52. The smallest absolute Gasteiger partial charge is 0.408 e. The SMILES string of the molecule is CN/C=C(\C(=N)OC)C(=O)Nc1cccc(-c2nncn2C(C)C(F)(F)F)n1. The largest absolute Gasteiger partial charge is 0.481 e. The van der Waals surface area contributed by atoms with Gasteiger partial charge >= 0.3 is 6.18 Å². The summed E-state index contributed by atoms with van der Waals surface area (Å²) >= 11 is 0. The van der Waals surface area contributed by atoms with Crippen LogP contribution in [-0.4, -0.2) is 51.9 Å². The predicted molar refractivity (Wildman–Crippen MR) is 94.5 cm³/mol. The van der Waals surface area contributed by atoms with Gasteiger partial charge in [0.2, 0.25) is 5.90 Å². The first kappa shape index (κ1) is 20.9. The van der Waals surface area contributed by atoms with Gasteiger partial charge in [0, 0.05) is 13.2 Å². The van der Waals surface area contributed by atoms with Crippen LogP contribution in [0.15, 0.2) is 36.3 Å². The summed E-state index contributed by atoms with van der Waals surface area (Å²) < 4.78 is 44.7. The van der Waals surface area contributed by atoms with Gasteiger partial charge < -0.3 is 19.9 Å². The van der Waals surface area contributed by atoms with E-state index in [0.29, 0.717) is 0 Å². The van der Waals surface area contributed by atoms with Crippen LogP contribution in [0.5, 0.6) is 0 Å². The summed E-state index contributed by atoms with van der Waals surface area (Å²) in [6.07, 6.45) is -2.25. The number of anilines is 1. The van der Waals surface area contributed by atoms with Crippen LogP contribution in [0, 0.1) is 5.41 Å². The monoisotopic (exact) mass is 397 g/mol. The highest BCUT2D eigenvalue weighted by atomic mass is 19.4. The number of pyridine rings is 1. The molecule has 3 N–H and O–H groups in total. The first-order valence-electron chi connectivity index (χ1n) is 7.94. The molecular formula is C16H18F3N7O2. The Bertz CT molecular complexity index is 892. The molecule has 0 saturated carbocycles. The molecule has 0 saturated heterocycles. The molecule has 1 unspecified atom stereocenters. The maximum Gasteiger partial charge on any atom is 0.408 e. The molecule has 1 amide bonds. The molecule has 28 heavy (non-hydrogen) atoms. The number of alkyl halides is 3. The third-order valence-electron chi connectivity index (χ3n) is 3.67. The normalized spacial score (nSPS) is 13.0. The fourth-order valence-electron chi connectivity index (χ4n) is 2.17. The molecule has 0 aromatic carbocycles. The maximum atomic E-state index is 13.0. The fraction of sp³-hybridized carbons (Fsp3) is 0.312. The lowest BCUT2D eigenvalue weighted by Crippen LogP contribution is -2.24. The molecule has 2 heterocycles. The van der Waals surface area contributed by atoms with Crippen molar-refractivity contribution in [1.29, 1.82) is 5.41 Å². The van der Waals surface area contributed by atoms with E-state index in [0.717, 1.165) is 17.8 Å². The van der Waals surface area contributed by atoms with Gasteiger partial charge in [-0.1, -0.05) is 6.07 Å². The van der Waals surface area contributed by atoms with E-state index in [4.69, 9.17) is 10.1 Å². The summed E-state index contributed by atoms with van der Waals surface area (Å²) in [5.41, 5.74) is -0.00146. The quantitative estimate of drug-likeness (QED) is 0.390. The van der Waals surface area contributed by atoms with E-state index in [1.807, 2.05) is 0 Å². The molecule has 0 radical (unpaired) electrons. The molecule has 12 heteroatoms. The van der Waals surface area contributed by atoms with E-state index in [9.17, 15) is 18.0 Å².